The molecule has 2 aromatic rings. The Hall–Kier alpha value is -2.30. The van der Waals surface area contributed by atoms with Crippen LogP contribution in [0.2, 0.25) is 0 Å². The Morgan fingerprint density at radius 1 is 1.27 bits per heavy atom. The standard InChI is InChI=1S/C17H16F2N2O/c1-11-8-20-5-4-13(11)9-21-10-14(7-17(21)22)12-2-3-15(18)16(19)6-12/h2-6,8,14H,7,9-10H2,1H3. The number of carbonyl (C=O) groups is 1. The van der Waals surface area contributed by atoms with E-state index in [1.165, 1.54) is 6.07 Å². The van der Waals surface area contributed by atoms with E-state index in [4.69, 9.17) is 0 Å². The summed E-state index contributed by atoms with van der Waals surface area (Å²) in [6, 6.07) is 5.75. The first kappa shape index (κ1) is 14.6. The van der Waals surface area contributed by atoms with E-state index < -0.39 is 11.6 Å². The first-order valence-corrected chi connectivity index (χ1v) is 7.17. The van der Waals surface area contributed by atoms with Gasteiger partial charge in [0.25, 0.3) is 0 Å². The Labute approximate surface area is 127 Å². The van der Waals surface area contributed by atoms with Gasteiger partial charge in [-0.15, -0.1) is 0 Å². The van der Waals surface area contributed by atoms with Crippen LogP contribution in [0.4, 0.5) is 8.78 Å². The van der Waals surface area contributed by atoms with Crippen molar-refractivity contribution in [1.82, 2.24) is 9.88 Å². The molecule has 1 atom stereocenters. The summed E-state index contributed by atoms with van der Waals surface area (Å²) in [7, 11) is 0. The zero-order valence-corrected chi connectivity index (χ0v) is 12.2. The average molecular weight is 302 g/mol. The van der Waals surface area contributed by atoms with E-state index >= 15 is 0 Å². The lowest BCUT2D eigenvalue weighted by atomic mass is 9.98. The third kappa shape index (κ3) is 2.84. The van der Waals surface area contributed by atoms with Crippen molar-refractivity contribution in [2.45, 2.75) is 25.8 Å². The number of pyridine rings is 1. The van der Waals surface area contributed by atoms with Crippen LogP contribution in [0.1, 0.15) is 29.0 Å². The molecule has 1 aliphatic rings. The second kappa shape index (κ2) is 5.83. The lowest BCUT2D eigenvalue weighted by Crippen LogP contribution is -2.24. The zero-order chi connectivity index (χ0) is 15.7. The first-order chi connectivity index (χ1) is 10.5. The molecule has 0 bridgehead atoms. The van der Waals surface area contributed by atoms with Crippen molar-refractivity contribution >= 4 is 5.91 Å². The lowest BCUT2D eigenvalue weighted by Gasteiger charge is -2.18. The maximum atomic E-state index is 13.3. The van der Waals surface area contributed by atoms with E-state index in [9.17, 15) is 13.6 Å². The molecule has 0 saturated carbocycles. The van der Waals surface area contributed by atoms with E-state index in [1.54, 1.807) is 23.4 Å². The Bertz CT molecular complexity index is 718. The van der Waals surface area contributed by atoms with Crippen LogP contribution in [-0.2, 0) is 11.3 Å². The minimum absolute atomic E-state index is 0.0333. The number of aryl methyl sites for hydroxylation is 1. The quantitative estimate of drug-likeness (QED) is 0.872. The molecule has 0 N–H and O–H groups in total. The number of carbonyl (C=O) groups excluding carboxylic acids is 1. The third-order valence-corrected chi connectivity index (χ3v) is 4.13. The van der Waals surface area contributed by atoms with E-state index in [2.05, 4.69) is 4.98 Å². The van der Waals surface area contributed by atoms with E-state index in [0.717, 1.165) is 17.2 Å². The molecule has 2 heterocycles. The molecule has 1 aliphatic heterocycles. The van der Waals surface area contributed by atoms with Gasteiger partial charge in [-0.2, -0.15) is 0 Å². The summed E-state index contributed by atoms with van der Waals surface area (Å²) in [4.78, 5) is 18.0. The maximum absolute atomic E-state index is 13.3. The highest BCUT2D eigenvalue weighted by molar-refractivity contribution is 5.79. The van der Waals surface area contributed by atoms with Gasteiger partial charge >= 0.3 is 0 Å². The Morgan fingerprint density at radius 3 is 2.82 bits per heavy atom. The predicted molar refractivity (Wildman–Crippen MR) is 78.1 cm³/mol. The van der Waals surface area contributed by atoms with Crippen molar-refractivity contribution in [3.05, 3.63) is 65.0 Å². The molecule has 0 spiro atoms. The molecule has 22 heavy (non-hydrogen) atoms. The van der Waals surface area contributed by atoms with Crippen LogP contribution in [0.5, 0.6) is 0 Å². The molecule has 0 aliphatic carbocycles. The molecule has 1 aromatic carbocycles. The molecular weight excluding hydrogens is 286 g/mol. The van der Waals surface area contributed by atoms with Crippen molar-refractivity contribution in [3.8, 4) is 0 Å². The zero-order valence-electron chi connectivity index (χ0n) is 12.2. The molecular formula is C17H16F2N2O. The summed E-state index contributed by atoms with van der Waals surface area (Å²) in [5, 5.41) is 0. The number of benzene rings is 1. The first-order valence-electron chi connectivity index (χ1n) is 7.17. The predicted octanol–water partition coefficient (Wildman–Crippen LogP) is 3.18. The highest BCUT2D eigenvalue weighted by Gasteiger charge is 2.31. The van der Waals surface area contributed by atoms with Crippen molar-refractivity contribution < 1.29 is 13.6 Å². The van der Waals surface area contributed by atoms with Gasteiger partial charge in [-0.05, 0) is 41.8 Å². The summed E-state index contributed by atoms with van der Waals surface area (Å²) >= 11 is 0. The second-order valence-electron chi connectivity index (χ2n) is 5.65. The molecule has 1 amide bonds. The molecule has 3 rings (SSSR count). The maximum Gasteiger partial charge on any atom is 0.223 e. The fourth-order valence-electron chi connectivity index (χ4n) is 2.80. The van der Waals surface area contributed by atoms with Gasteiger partial charge in [0.05, 0.1) is 0 Å². The second-order valence-corrected chi connectivity index (χ2v) is 5.65. The van der Waals surface area contributed by atoms with Crippen molar-refractivity contribution in [2.24, 2.45) is 0 Å². The van der Waals surface area contributed by atoms with Crippen LogP contribution in [0.25, 0.3) is 0 Å². The summed E-state index contributed by atoms with van der Waals surface area (Å²) in [5.74, 6) is -1.79. The molecule has 1 aromatic heterocycles. The largest absolute Gasteiger partial charge is 0.338 e. The molecule has 0 radical (unpaired) electrons. The van der Waals surface area contributed by atoms with Crippen LogP contribution >= 0.6 is 0 Å². The van der Waals surface area contributed by atoms with Gasteiger partial charge in [-0.1, -0.05) is 6.07 Å². The topological polar surface area (TPSA) is 33.2 Å². The minimum atomic E-state index is -0.867. The minimum Gasteiger partial charge on any atom is -0.338 e. The van der Waals surface area contributed by atoms with E-state index in [1.807, 2.05) is 13.0 Å². The Balaban J connectivity index is 1.75. The number of rotatable bonds is 3. The number of amides is 1. The molecule has 1 fully saturated rings. The number of hydrogen-bond acceptors (Lipinski definition) is 2. The molecule has 5 heteroatoms. The number of aromatic nitrogens is 1. The third-order valence-electron chi connectivity index (χ3n) is 4.13. The highest BCUT2D eigenvalue weighted by Crippen LogP contribution is 2.30. The number of halogens is 2. The van der Waals surface area contributed by atoms with Gasteiger partial charge < -0.3 is 4.90 Å². The van der Waals surface area contributed by atoms with Gasteiger partial charge in [-0.25, -0.2) is 8.78 Å². The van der Waals surface area contributed by atoms with Crippen LogP contribution in [0, 0.1) is 18.6 Å². The summed E-state index contributed by atoms with van der Waals surface area (Å²) < 4.78 is 26.4. The highest BCUT2D eigenvalue weighted by atomic mass is 19.2. The molecule has 1 unspecified atom stereocenters. The lowest BCUT2D eigenvalue weighted by molar-refractivity contribution is -0.128. The van der Waals surface area contributed by atoms with E-state index in [0.29, 0.717) is 25.1 Å². The summed E-state index contributed by atoms with van der Waals surface area (Å²) in [6.45, 7) is 2.99. The van der Waals surface area contributed by atoms with Crippen LogP contribution in [0.15, 0.2) is 36.7 Å². The van der Waals surface area contributed by atoms with Crippen molar-refractivity contribution in [1.29, 1.82) is 0 Å². The molecule has 114 valence electrons. The fraction of sp³-hybridized carbons (Fsp3) is 0.294. The van der Waals surface area contributed by atoms with Gasteiger partial charge in [0, 0.05) is 37.8 Å². The molecule has 1 saturated heterocycles. The number of likely N-dealkylation sites (tertiary alicyclic amines) is 1. The summed E-state index contributed by atoms with van der Waals surface area (Å²) in [6.07, 6.45) is 3.80. The SMILES string of the molecule is Cc1cnccc1CN1CC(c2ccc(F)c(F)c2)CC1=O. The van der Waals surface area contributed by atoms with Gasteiger partial charge in [0.1, 0.15) is 0 Å². The molecule has 3 nitrogen and oxygen atoms in total. The van der Waals surface area contributed by atoms with E-state index in [-0.39, 0.29) is 11.8 Å². The van der Waals surface area contributed by atoms with Gasteiger partial charge in [-0.3, -0.25) is 9.78 Å². The van der Waals surface area contributed by atoms with Crippen LogP contribution < -0.4 is 0 Å². The number of hydrogen-bond donors (Lipinski definition) is 0. The van der Waals surface area contributed by atoms with Crippen molar-refractivity contribution in [3.63, 3.8) is 0 Å². The smallest absolute Gasteiger partial charge is 0.223 e. The van der Waals surface area contributed by atoms with Gasteiger partial charge in [0.2, 0.25) is 5.91 Å². The average Bonchev–Trinajstić information content (AvgIpc) is 2.85. The Kier molecular flexibility index (Phi) is 3.88. The Morgan fingerprint density at radius 2 is 2.09 bits per heavy atom. The van der Waals surface area contributed by atoms with Crippen molar-refractivity contribution in [2.75, 3.05) is 6.54 Å². The van der Waals surface area contributed by atoms with Crippen LogP contribution in [-0.4, -0.2) is 22.3 Å². The monoisotopic (exact) mass is 302 g/mol. The normalized spacial score (nSPS) is 18.0. The summed E-state index contributed by atoms with van der Waals surface area (Å²) in [5.41, 5.74) is 2.75. The number of nitrogens with zero attached hydrogens (tertiary/aromatic N) is 2. The fourth-order valence-corrected chi connectivity index (χ4v) is 2.80. The van der Waals surface area contributed by atoms with Gasteiger partial charge in [0.15, 0.2) is 11.6 Å². The van der Waals surface area contributed by atoms with Crippen LogP contribution in [0.3, 0.4) is 0 Å².